The minimum absolute atomic E-state index is 0.00756. The number of carbonyl (C=O) groups is 8. The van der Waals surface area contributed by atoms with E-state index in [1.54, 1.807) is 41.5 Å². The highest BCUT2D eigenvalue weighted by molar-refractivity contribution is 5.91. The van der Waals surface area contributed by atoms with Gasteiger partial charge in [-0.15, -0.1) is 0 Å². The van der Waals surface area contributed by atoms with Gasteiger partial charge < -0.3 is 49.7 Å². The van der Waals surface area contributed by atoms with Gasteiger partial charge in [0.2, 0.25) is 11.8 Å². The van der Waals surface area contributed by atoms with Crippen LogP contribution in [0.5, 0.6) is 0 Å². The molecule has 2 aromatic carbocycles. The van der Waals surface area contributed by atoms with Gasteiger partial charge in [0.1, 0.15) is 48.6 Å². The Bertz CT molecular complexity index is 1910. The molecular formula is C46H62N6O14. The highest BCUT2D eigenvalue weighted by Crippen LogP contribution is 2.32. The molecule has 20 nitrogen and oxygen atoms in total. The van der Waals surface area contributed by atoms with Gasteiger partial charge in [-0.3, -0.25) is 19.4 Å². The molecule has 4 fully saturated rings. The lowest BCUT2D eigenvalue weighted by molar-refractivity contribution is -0.146. The number of benzene rings is 2. The number of methoxy groups -OCH3 is 2. The van der Waals surface area contributed by atoms with Crippen LogP contribution in [0.2, 0.25) is 0 Å². The van der Waals surface area contributed by atoms with E-state index in [4.69, 9.17) is 28.4 Å². The van der Waals surface area contributed by atoms with Crippen molar-refractivity contribution in [2.45, 2.75) is 140 Å². The molecule has 66 heavy (non-hydrogen) atoms. The van der Waals surface area contributed by atoms with Crippen LogP contribution in [-0.4, -0.2) is 145 Å². The fraction of sp³-hybridized carbons (Fsp3) is 0.565. The molecule has 4 aliphatic heterocycles. The van der Waals surface area contributed by atoms with Crippen molar-refractivity contribution in [3.05, 3.63) is 71.8 Å². The number of amides is 6. The Morgan fingerprint density at radius 2 is 0.939 bits per heavy atom. The predicted molar refractivity (Wildman–Crippen MR) is 234 cm³/mol. The van der Waals surface area contributed by atoms with Gasteiger partial charge in [0.05, 0.1) is 38.4 Å². The molecule has 20 heteroatoms. The predicted octanol–water partition coefficient (Wildman–Crippen LogP) is 3.53. The SMILES string of the molecule is COC(=O)[C@H](Cc1ccccc1)NC(=O)[C@@H]1CC[C@H]2[C@H](NC(=O)OC(C)(C)C)COC(=O)N12.COC(=O)[C@H](Cc1ccccc1)NC(=O)[C@@H]1CC[C@H]2[C@H](NC(=O)OC(C)(C)C)COC(=O)N12. The largest absolute Gasteiger partial charge is 0.467 e. The quantitative estimate of drug-likeness (QED) is 0.176. The summed E-state index contributed by atoms with van der Waals surface area (Å²) < 4.78 is 30.8. The van der Waals surface area contributed by atoms with Gasteiger partial charge in [0.15, 0.2) is 0 Å². The number of fused-ring (bicyclic) bond motifs is 2. The third-order valence-electron chi connectivity index (χ3n) is 11.2. The molecule has 6 amide bonds. The Morgan fingerprint density at radius 1 is 0.591 bits per heavy atom. The van der Waals surface area contributed by atoms with E-state index in [0.717, 1.165) is 11.1 Å². The number of esters is 2. The molecule has 0 unspecified atom stereocenters. The van der Waals surface area contributed by atoms with Gasteiger partial charge in [-0.1, -0.05) is 60.7 Å². The van der Waals surface area contributed by atoms with Crippen molar-refractivity contribution in [1.82, 2.24) is 31.1 Å². The first kappa shape index (κ1) is 50.4. The Labute approximate surface area is 384 Å². The molecule has 6 rings (SSSR count). The van der Waals surface area contributed by atoms with Gasteiger partial charge in [-0.2, -0.15) is 0 Å². The van der Waals surface area contributed by atoms with E-state index in [-0.39, 0.29) is 26.1 Å². The number of ether oxygens (including phenoxy) is 6. The number of hydrogen-bond donors (Lipinski definition) is 4. The van der Waals surface area contributed by atoms with Crippen molar-refractivity contribution >= 4 is 48.1 Å². The van der Waals surface area contributed by atoms with E-state index < -0.39 is 108 Å². The number of carbonyl (C=O) groups excluding carboxylic acids is 8. The lowest BCUT2D eigenvalue weighted by atomic mass is 10.1. The molecule has 0 aromatic heterocycles. The smallest absolute Gasteiger partial charge is 0.410 e. The molecule has 2 aromatic rings. The van der Waals surface area contributed by atoms with E-state index >= 15 is 0 Å². The standard InChI is InChI=1S/2C23H31N3O7/c2*1-23(2,3)33-21(29)25-16-13-32-22(30)26-17(16)10-11-18(26)19(27)24-15(20(28)31-4)12-14-8-6-5-7-9-14/h2*5-9,15-18H,10-13H2,1-4H3,(H,24,27)(H,25,29)/t2*15-,16+,17-,18-/m00/s1. The number of nitrogens with zero attached hydrogens (tertiary/aromatic N) is 2. The summed E-state index contributed by atoms with van der Waals surface area (Å²) in [5, 5.41) is 10.9. The van der Waals surface area contributed by atoms with Crippen LogP contribution in [0.4, 0.5) is 19.2 Å². The summed E-state index contributed by atoms with van der Waals surface area (Å²) in [7, 11) is 2.51. The summed E-state index contributed by atoms with van der Waals surface area (Å²) in [5.74, 6) is -2.10. The second-order valence-corrected chi connectivity index (χ2v) is 18.3. The summed E-state index contributed by atoms with van der Waals surface area (Å²) in [4.78, 5) is 103. The van der Waals surface area contributed by atoms with Gasteiger partial charge in [0.25, 0.3) is 0 Å². The number of rotatable bonds is 12. The Kier molecular flexibility index (Phi) is 16.8. The first-order valence-corrected chi connectivity index (χ1v) is 21.9. The molecule has 0 saturated carbocycles. The first-order valence-electron chi connectivity index (χ1n) is 21.9. The highest BCUT2D eigenvalue weighted by Gasteiger charge is 2.51. The number of cyclic esters (lactones) is 2. The Morgan fingerprint density at radius 3 is 1.26 bits per heavy atom. The minimum atomic E-state index is -0.902. The van der Waals surface area contributed by atoms with Crippen LogP contribution in [-0.2, 0) is 60.4 Å². The van der Waals surface area contributed by atoms with Crippen molar-refractivity contribution in [3.63, 3.8) is 0 Å². The lowest BCUT2D eigenvalue weighted by Crippen LogP contribution is -2.62. The van der Waals surface area contributed by atoms with Crippen LogP contribution in [0.25, 0.3) is 0 Å². The second kappa shape index (κ2) is 22.1. The summed E-state index contributed by atoms with van der Waals surface area (Å²) >= 11 is 0. The van der Waals surface area contributed by atoms with E-state index in [1.807, 2.05) is 60.7 Å². The van der Waals surface area contributed by atoms with Crippen LogP contribution in [0, 0.1) is 0 Å². The fourth-order valence-electron chi connectivity index (χ4n) is 8.30. The Balaban J connectivity index is 0.000000247. The molecule has 0 bridgehead atoms. The summed E-state index contributed by atoms with van der Waals surface area (Å²) in [6, 6.07) is 13.2. The maximum atomic E-state index is 13.1. The maximum absolute atomic E-state index is 13.1. The first-order chi connectivity index (χ1) is 31.2. The lowest BCUT2D eigenvalue weighted by Gasteiger charge is -2.38. The normalized spacial score (nSPS) is 23.1. The van der Waals surface area contributed by atoms with Gasteiger partial charge >= 0.3 is 36.3 Å². The monoisotopic (exact) mass is 922 g/mol. The summed E-state index contributed by atoms with van der Waals surface area (Å²) in [6.07, 6.45) is -0.251. The highest BCUT2D eigenvalue weighted by atomic mass is 16.6. The van der Waals surface area contributed by atoms with E-state index in [1.165, 1.54) is 24.0 Å². The average Bonchev–Trinajstić information content (AvgIpc) is 3.92. The second-order valence-electron chi connectivity index (χ2n) is 18.3. The molecule has 0 aliphatic carbocycles. The van der Waals surface area contributed by atoms with Gasteiger partial charge in [0, 0.05) is 12.8 Å². The molecular weight excluding hydrogens is 861 g/mol. The maximum Gasteiger partial charge on any atom is 0.410 e. The van der Waals surface area contributed by atoms with Crippen molar-refractivity contribution in [2.24, 2.45) is 0 Å². The molecule has 360 valence electrons. The topological polar surface area (TPSA) is 247 Å². The van der Waals surface area contributed by atoms with E-state index in [0.29, 0.717) is 25.7 Å². The summed E-state index contributed by atoms with van der Waals surface area (Å²) in [6.45, 7) is 10.5. The molecule has 4 heterocycles. The third kappa shape index (κ3) is 13.7. The molecule has 4 saturated heterocycles. The summed E-state index contributed by atoms with van der Waals surface area (Å²) in [5.41, 5.74) is 0.372. The van der Waals surface area contributed by atoms with Crippen molar-refractivity contribution in [3.8, 4) is 0 Å². The molecule has 0 spiro atoms. The average molecular weight is 923 g/mol. The van der Waals surface area contributed by atoms with Crippen LogP contribution < -0.4 is 21.3 Å². The zero-order valence-corrected chi connectivity index (χ0v) is 38.7. The zero-order valence-electron chi connectivity index (χ0n) is 38.7. The van der Waals surface area contributed by atoms with Crippen LogP contribution >= 0.6 is 0 Å². The van der Waals surface area contributed by atoms with E-state index in [9.17, 15) is 38.4 Å². The minimum Gasteiger partial charge on any atom is -0.467 e. The third-order valence-corrected chi connectivity index (χ3v) is 11.2. The fourth-order valence-corrected chi connectivity index (χ4v) is 8.30. The van der Waals surface area contributed by atoms with Crippen LogP contribution in [0.15, 0.2) is 60.7 Å². The molecule has 0 radical (unpaired) electrons. The molecule has 4 N–H and O–H groups in total. The van der Waals surface area contributed by atoms with Gasteiger partial charge in [-0.25, -0.2) is 28.8 Å². The van der Waals surface area contributed by atoms with Crippen LogP contribution in [0.1, 0.15) is 78.4 Å². The molecule has 4 aliphatic rings. The van der Waals surface area contributed by atoms with Crippen molar-refractivity contribution in [1.29, 1.82) is 0 Å². The van der Waals surface area contributed by atoms with Crippen LogP contribution in [0.3, 0.4) is 0 Å². The number of hydrogen-bond acceptors (Lipinski definition) is 14. The van der Waals surface area contributed by atoms with E-state index in [2.05, 4.69) is 21.3 Å². The number of alkyl carbamates (subject to hydrolysis) is 2. The van der Waals surface area contributed by atoms with Crippen molar-refractivity contribution in [2.75, 3.05) is 27.4 Å². The zero-order chi connectivity index (χ0) is 48.3. The van der Waals surface area contributed by atoms with Gasteiger partial charge in [-0.05, 0) is 78.4 Å². The Hall–Kier alpha value is -6.60. The number of nitrogens with one attached hydrogen (secondary N) is 4. The molecule has 8 atom stereocenters. The van der Waals surface area contributed by atoms with Crippen molar-refractivity contribution < 1.29 is 66.8 Å².